The Labute approximate surface area is 156 Å². The second-order valence-corrected chi connectivity index (χ2v) is 7.77. The van der Waals surface area contributed by atoms with E-state index in [1.807, 2.05) is 37.8 Å². The molecule has 7 nitrogen and oxygen atoms in total. The van der Waals surface area contributed by atoms with Crippen LogP contribution in [0.1, 0.15) is 25.8 Å². The summed E-state index contributed by atoms with van der Waals surface area (Å²) in [5, 5.41) is 10.6. The maximum absolute atomic E-state index is 11.2. The number of halogens is 1. The molecule has 2 N–H and O–H groups in total. The second kappa shape index (κ2) is 10.8. The van der Waals surface area contributed by atoms with Crippen LogP contribution in [0.3, 0.4) is 0 Å². The number of rotatable bonds is 8. The molecule has 0 aromatic carbocycles. The SMILES string of the molecule is CCNC(=NCCn1cc(C)cn1)NC(C)CCS(C)(=O)=O.I. The third kappa shape index (κ3) is 10.5. The third-order valence-electron chi connectivity index (χ3n) is 3.01. The highest BCUT2D eigenvalue weighted by Gasteiger charge is 2.09. The first-order valence-corrected chi connectivity index (χ1v) is 9.58. The molecular formula is C14H28IN5O2S. The van der Waals surface area contributed by atoms with E-state index in [1.165, 1.54) is 6.26 Å². The molecule has 1 heterocycles. The molecule has 1 aromatic rings. The molecule has 0 aliphatic rings. The quantitative estimate of drug-likeness (QED) is 0.348. The maximum Gasteiger partial charge on any atom is 0.191 e. The number of hydrogen-bond donors (Lipinski definition) is 2. The predicted octanol–water partition coefficient (Wildman–Crippen LogP) is 1.19. The summed E-state index contributed by atoms with van der Waals surface area (Å²) < 4.78 is 24.2. The fourth-order valence-corrected chi connectivity index (χ4v) is 2.65. The minimum Gasteiger partial charge on any atom is -0.357 e. The summed E-state index contributed by atoms with van der Waals surface area (Å²) in [4.78, 5) is 4.49. The molecule has 0 aliphatic carbocycles. The summed E-state index contributed by atoms with van der Waals surface area (Å²) in [6, 6.07) is 0.0412. The van der Waals surface area contributed by atoms with Gasteiger partial charge in [-0.05, 0) is 32.8 Å². The summed E-state index contributed by atoms with van der Waals surface area (Å²) in [6.45, 7) is 8.02. The van der Waals surface area contributed by atoms with E-state index >= 15 is 0 Å². The van der Waals surface area contributed by atoms with Crippen molar-refractivity contribution < 1.29 is 8.42 Å². The fourth-order valence-electron chi connectivity index (χ4n) is 1.87. The monoisotopic (exact) mass is 457 g/mol. The van der Waals surface area contributed by atoms with Crippen molar-refractivity contribution in [2.45, 2.75) is 39.8 Å². The maximum atomic E-state index is 11.2. The second-order valence-electron chi connectivity index (χ2n) is 5.51. The molecule has 0 fully saturated rings. The molecular weight excluding hydrogens is 429 g/mol. The number of hydrogen-bond acceptors (Lipinski definition) is 4. The van der Waals surface area contributed by atoms with Gasteiger partial charge < -0.3 is 10.6 Å². The van der Waals surface area contributed by atoms with Crippen LogP contribution in [0.5, 0.6) is 0 Å². The van der Waals surface area contributed by atoms with Gasteiger partial charge in [0.15, 0.2) is 5.96 Å². The molecule has 0 amide bonds. The van der Waals surface area contributed by atoms with Crippen molar-refractivity contribution in [3.63, 3.8) is 0 Å². The van der Waals surface area contributed by atoms with Crippen LogP contribution in [0.25, 0.3) is 0 Å². The lowest BCUT2D eigenvalue weighted by Gasteiger charge is -2.17. The van der Waals surface area contributed by atoms with Crippen molar-refractivity contribution in [2.24, 2.45) is 4.99 Å². The summed E-state index contributed by atoms with van der Waals surface area (Å²) in [5.74, 6) is 0.875. The zero-order chi connectivity index (χ0) is 16.6. The lowest BCUT2D eigenvalue weighted by Crippen LogP contribution is -2.43. The molecule has 0 spiro atoms. The standard InChI is InChI=1S/C14H27N5O2S.HI/c1-5-15-14(18-13(3)6-9-22(4,20)21)16-7-8-19-11-12(2)10-17-19;/h10-11,13H,5-9H2,1-4H3,(H2,15,16,18);1H. The first-order chi connectivity index (χ1) is 10.3. The lowest BCUT2D eigenvalue weighted by molar-refractivity contribution is 0.579. The molecule has 9 heteroatoms. The van der Waals surface area contributed by atoms with Crippen LogP contribution in [0.15, 0.2) is 17.4 Å². The average molecular weight is 457 g/mol. The van der Waals surface area contributed by atoms with Gasteiger partial charge in [0.1, 0.15) is 9.84 Å². The van der Waals surface area contributed by atoms with Gasteiger partial charge in [-0.2, -0.15) is 5.10 Å². The average Bonchev–Trinajstić information content (AvgIpc) is 2.81. The van der Waals surface area contributed by atoms with Crippen molar-refractivity contribution in [3.8, 4) is 0 Å². The Morgan fingerprint density at radius 3 is 2.70 bits per heavy atom. The molecule has 0 saturated carbocycles. The number of aliphatic imine (C=N–C) groups is 1. The zero-order valence-electron chi connectivity index (χ0n) is 14.2. The third-order valence-corrected chi connectivity index (χ3v) is 3.99. The number of sulfone groups is 1. The van der Waals surface area contributed by atoms with Gasteiger partial charge in [0, 0.05) is 25.0 Å². The smallest absolute Gasteiger partial charge is 0.191 e. The van der Waals surface area contributed by atoms with Crippen molar-refractivity contribution in [1.29, 1.82) is 0 Å². The summed E-state index contributed by atoms with van der Waals surface area (Å²) in [5.41, 5.74) is 1.13. The minimum absolute atomic E-state index is 0. The number of nitrogens with zero attached hydrogens (tertiary/aromatic N) is 3. The van der Waals surface area contributed by atoms with Gasteiger partial charge in [-0.15, -0.1) is 24.0 Å². The van der Waals surface area contributed by atoms with Gasteiger partial charge >= 0.3 is 0 Å². The van der Waals surface area contributed by atoms with Crippen LogP contribution in [0.2, 0.25) is 0 Å². The van der Waals surface area contributed by atoms with Crippen LogP contribution < -0.4 is 10.6 Å². The van der Waals surface area contributed by atoms with E-state index in [0.29, 0.717) is 25.5 Å². The van der Waals surface area contributed by atoms with Gasteiger partial charge in [0.25, 0.3) is 0 Å². The normalized spacial score (nSPS) is 13.3. The van der Waals surface area contributed by atoms with Gasteiger partial charge in [0.2, 0.25) is 0 Å². The highest BCUT2D eigenvalue weighted by molar-refractivity contribution is 14.0. The highest BCUT2D eigenvalue weighted by Crippen LogP contribution is 1.96. The molecule has 1 unspecified atom stereocenters. The van der Waals surface area contributed by atoms with E-state index in [2.05, 4.69) is 20.7 Å². The van der Waals surface area contributed by atoms with Crippen LogP contribution in [0, 0.1) is 6.92 Å². The molecule has 1 atom stereocenters. The van der Waals surface area contributed by atoms with Gasteiger partial charge in [-0.1, -0.05) is 0 Å². The Morgan fingerprint density at radius 2 is 2.17 bits per heavy atom. The molecule has 134 valence electrons. The number of aromatic nitrogens is 2. The Bertz CT molecular complexity index is 586. The molecule has 0 aliphatic heterocycles. The van der Waals surface area contributed by atoms with Gasteiger partial charge in [-0.3, -0.25) is 9.67 Å². The summed E-state index contributed by atoms with van der Waals surface area (Å²) in [7, 11) is -2.93. The first kappa shape index (κ1) is 22.2. The van der Waals surface area contributed by atoms with Crippen molar-refractivity contribution >= 4 is 39.8 Å². The van der Waals surface area contributed by atoms with E-state index in [-0.39, 0.29) is 35.8 Å². The summed E-state index contributed by atoms with van der Waals surface area (Å²) in [6.07, 6.45) is 5.61. The van der Waals surface area contributed by atoms with Crippen LogP contribution in [-0.4, -0.2) is 55.3 Å². The van der Waals surface area contributed by atoms with Crippen molar-refractivity contribution in [3.05, 3.63) is 18.0 Å². The van der Waals surface area contributed by atoms with E-state index < -0.39 is 9.84 Å². The topological polar surface area (TPSA) is 88.4 Å². The molecule has 1 aromatic heterocycles. The van der Waals surface area contributed by atoms with Crippen LogP contribution >= 0.6 is 24.0 Å². The molecule has 0 bridgehead atoms. The van der Waals surface area contributed by atoms with Crippen LogP contribution in [0.4, 0.5) is 0 Å². The minimum atomic E-state index is -2.93. The first-order valence-electron chi connectivity index (χ1n) is 7.52. The highest BCUT2D eigenvalue weighted by atomic mass is 127. The Morgan fingerprint density at radius 1 is 1.48 bits per heavy atom. The number of aryl methyl sites for hydroxylation is 1. The molecule has 23 heavy (non-hydrogen) atoms. The molecule has 0 radical (unpaired) electrons. The van der Waals surface area contributed by atoms with Crippen molar-refractivity contribution in [1.82, 2.24) is 20.4 Å². The van der Waals surface area contributed by atoms with E-state index in [4.69, 9.17) is 0 Å². The molecule has 0 saturated heterocycles. The van der Waals surface area contributed by atoms with Gasteiger partial charge in [-0.25, -0.2) is 8.42 Å². The largest absolute Gasteiger partial charge is 0.357 e. The van der Waals surface area contributed by atoms with E-state index in [1.54, 1.807) is 0 Å². The van der Waals surface area contributed by atoms with Crippen LogP contribution in [-0.2, 0) is 16.4 Å². The zero-order valence-corrected chi connectivity index (χ0v) is 17.4. The van der Waals surface area contributed by atoms with E-state index in [0.717, 1.165) is 12.1 Å². The Hall–Kier alpha value is -0.840. The predicted molar refractivity (Wildman–Crippen MR) is 105 cm³/mol. The summed E-state index contributed by atoms with van der Waals surface area (Å²) >= 11 is 0. The van der Waals surface area contributed by atoms with E-state index in [9.17, 15) is 8.42 Å². The van der Waals surface area contributed by atoms with Gasteiger partial charge in [0.05, 0.1) is 25.0 Å². The fraction of sp³-hybridized carbons (Fsp3) is 0.714. The lowest BCUT2D eigenvalue weighted by atomic mass is 10.3. The number of nitrogens with one attached hydrogen (secondary N) is 2. The number of guanidine groups is 1. The Kier molecular flexibility index (Phi) is 10.4. The van der Waals surface area contributed by atoms with Crippen molar-refractivity contribution in [2.75, 3.05) is 25.1 Å². The Balaban J connectivity index is 0.00000484. The molecule has 1 rings (SSSR count).